The number of phenolic OH excluding ortho intramolecular Hbond substituents is 1. The highest BCUT2D eigenvalue weighted by molar-refractivity contribution is 7.15. The van der Waals surface area contributed by atoms with E-state index in [1.165, 1.54) is 11.1 Å². The van der Waals surface area contributed by atoms with Crippen LogP contribution in [-0.4, -0.2) is 5.11 Å². The molecule has 1 rings (SSSR count). The second kappa shape index (κ2) is 7.79. The molecule has 0 fully saturated rings. The van der Waals surface area contributed by atoms with Crippen LogP contribution in [-0.2, 0) is 6.16 Å². The summed E-state index contributed by atoms with van der Waals surface area (Å²) in [5, 5.41) is 9.82. The first-order chi connectivity index (χ1) is 8.22. The summed E-state index contributed by atoms with van der Waals surface area (Å²) >= 11 is 0. The highest BCUT2D eigenvalue weighted by atomic mass is 31.0. The summed E-state index contributed by atoms with van der Waals surface area (Å²) in [6, 6.07) is 2.10. The molecule has 1 aromatic rings. The first-order valence-corrected chi connectivity index (χ1v) is 7.55. The largest absolute Gasteiger partial charge is 0.507 e. The molecule has 0 heterocycles. The molecule has 0 saturated carbocycles. The number of aryl methyl sites for hydroxylation is 1. The van der Waals surface area contributed by atoms with Gasteiger partial charge in [0.25, 0.3) is 0 Å². The summed E-state index contributed by atoms with van der Waals surface area (Å²) in [6.07, 6.45) is 0.910. The van der Waals surface area contributed by atoms with Crippen LogP contribution < -0.4 is 0 Å². The Kier molecular flexibility index (Phi) is 7.55. The number of aromatic hydroxyl groups is 1. The Morgan fingerprint density at radius 1 is 1.11 bits per heavy atom. The molecule has 2 heteroatoms. The second-order valence-corrected chi connectivity index (χ2v) is 6.23. The first kappa shape index (κ1) is 17.4. The van der Waals surface area contributed by atoms with Gasteiger partial charge in [-0.05, 0) is 54.1 Å². The van der Waals surface area contributed by atoms with Gasteiger partial charge >= 0.3 is 0 Å². The lowest BCUT2D eigenvalue weighted by molar-refractivity contribution is 0.465. The first-order valence-electron chi connectivity index (χ1n) is 6.74. The minimum Gasteiger partial charge on any atom is -0.507 e. The third-order valence-corrected chi connectivity index (χ3v) is 3.14. The van der Waals surface area contributed by atoms with Gasteiger partial charge in [-0.25, -0.2) is 0 Å². The van der Waals surface area contributed by atoms with Crippen LogP contribution in [0.4, 0.5) is 0 Å². The summed E-state index contributed by atoms with van der Waals surface area (Å²) in [6.45, 7) is 14.8. The van der Waals surface area contributed by atoms with Crippen molar-refractivity contribution in [2.75, 3.05) is 0 Å². The van der Waals surface area contributed by atoms with Gasteiger partial charge in [-0.3, -0.25) is 0 Å². The molecule has 0 bridgehead atoms. The molecule has 0 aliphatic heterocycles. The van der Waals surface area contributed by atoms with E-state index in [9.17, 15) is 5.11 Å². The smallest absolute Gasteiger partial charge is 0.121 e. The van der Waals surface area contributed by atoms with Crippen LogP contribution in [0.15, 0.2) is 6.07 Å². The van der Waals surface area contributed by atoms with Crippen LogP contribution in [0.25, 0.3) is 0 Å². The molecule has 1 unspecified atom stereocenters. The average molecular weight is 268 g/mol. The van der Waals surface area contributed by atoms with Crippen molar-refractivity contribution < 1.29 is 5.11 Å². The molecule has 0 saturated heterocycles. The van der Waals surface area contributed by atoms with Crippen molar-refractivity contribution in [2.45, 2.75) is 60.5 Å². The minimum absolute atomic E-state index is 0.451. The zero-order valence-corrected chi connectivity index (χ0v) is 14.1. The third kappa shape index (κ3) is 4.98. The van der Waals surface area contributed by atoms with E-state index in [0.29, 0.717) is 11.7 Å². The van der Waals surface area contributed by atoms with Crippen molar-refractivity contribution in [3.8, 4) is 5.75 Å². The van der Waals surface area contributed by atoms with E-state index in [-0.39, 0.29) is 0 Å². The monoisotopic (exact) mass is 268 g/mol. The Bertz CT molecular complexity index is 378. The van der Waals surface area contributed by atoms with Crippen LogP contribution in [0.2, 0.25) is 0 Å². The molecular weight excluding hydrogens is 239 g/mol. The maximum absolute atomic E-state index is 9.82. The zero-order valence-electron chi connectivity index (χ0n) is 13.0. The van der Waals surface area contributed by atoms with Crippen molar-refractivity contribution in [2.24, 2.45) is 5.92 Å². The molecule has 104 valence electrons. The van der Waals surface area contributed by atoms with E-state index >= 15 is 0 Å². The molecule has 0 aliphatic rings. The van der Waals surface area contributed by atoms with Gasteiger partial charge in [0, 0.05) is 0 Å². The Morgan fingerprint density at radius 3 is 1.89 bits per heavy atom. The predicted molar refractivity (Wildman–Crippen MR) is 85.6 cm³/mol. The molecule has 1 atom stereocenters. The zero-order chi connectivity index (χ0) is 14.5. The number of rotatable bonds is 2. The van der Waals surface area contributed by atoms with Gasteiger partial charge < -0.3 is 5.11 Å². The number of hydrogen-bond acceptors (Lipinski definition) is 1. The molecule has 1 aromatic carbocycles. The Hall–Kier alpha value is -0.550. The normalized spacial score (nSPS) is 10.6. The van der Waals surface area contributed by atoms with Crippen molar-refractivity contribution in [3.63, 3.8) is 0 Å². The molecule has 18 heavy (non-hydrogen) atoms. The standard InChI is InChI=1S/C12H19OP.C4H10/c1-7(2)10-5-8(3)12(13)9(4)11(10)6-14;1-4(2)3/h5,7,13H,6,14H2,1-4H3;4H,1-3H3. The Balaban J connectivity index is 0.000000631. The summed E-state index contributed by atoms with van der Waals surface area (Å²) < 4.78 is 0. The van der Waals surface area contributed by atoms with Gasteiger partial charge in [0.15, 0.2) is 0 Å². The van der Waals surface area contributed by atoms with E-state index in [4.69, 9.17) is 0 Å². The molecule has 0 amide bonds. The fraction of sp³-hybridized carbons (Fsp3) is 0.625. The molecule has 0 spiro atoms. The number of benzene rings is 1. The van der Waals surface area contributed by atoms with Gasteiger partial charge in [-0.1, -0.05) is 40.7 Å². The van der Waals surface area contributed by atoms with Crippen molar-refractivity contribution in [1.29, 1.82) is 0 Å². The lowest BCUT2D eigenvalue weighted by Gasteiger charge is -2.17. The third-order valence-electron chi connectivity index (χ3n) is 2.73. The fourth-order valence-electron chi connectivity index (χ4n) is 1.83. The van der Waals surface area contributed by atoms with Crippen LogP contribution >= 0.6 is 9.24 Å². The predicted octanol–water partition coefficient (Wildman–Crippen LogP) is 5.17. The Morgan fingerprint density at radius 2 is 1.56 bits per heavy atom. The van der Waals surface area contributed by atoms with Crippen molar-refractivity contribution in [3.05, 3.63) is 28.3 Å². The summed E-state index contributed by atoms with van der Waals surface area (Å²) in [5.41, 5.74) is 4.64. The van der Waals surface area contributed by atoms with Gasteiger partial charge in [0.1, 0.15) is 5.75 Å². The quantitative estimate of drug-likeness (QED) is 0.734. The number of hydrogen-bond donors (Lipinski definition) is 1. The molecule has 0 aliphatic carbocycles. The lowest BCUT2D eigenvalue weighted by Crippen LogP contribution is -1.99. The molecular formula is C16H29OP. The van der Waals surface area contributed by atoms with Gasteiger partial charge in [-0.15, -0.1) is 9.24 Å². The topological polar surface area (TPSA) is 20.2 Å². The van der Waals surface area contributed by atoms with Crippen LogP contribution in [0.5, 0.6) is 5.75 Å². The second-order valence-electron chi connectivity index (χ2n) is 5.83. The van der Waals surface area contributed by atoms with Crippen LogP contribution in [0.3, 0.4) is 0 Å². The van der Waals surface area contributed by atoms with E-state index < -0.39 is 0 Å². The van der Waals surface area contributed by atoms with Crippen LogP contribution in [0.1, 0.15) is 62.8 Å². The van der Waals surface area contributed by atoms with E-state index in [0.717, 1.165) is 23.2 Å². The van der Waals surface area contributed by atoms with Crippen molar-refractivity contribution in [1.82, 2.24) is 0 Å². The maximum Gasteiger partial charge on any atom is 0.121 e. The minimum atomic E-state index is 0.451. The molecule has 1 N–H and O–H groups in total. The number of phenols is 1. The molecule has 0 radical (unpaired) electrons. The van der Waals surface area contributed by atoms with Gasteiger partial charge in [-0.2, -0.15) is 0 Å². The van der Waals surface area contributed by atoms with Gasteiger partial charge in [0.2, 0.25) is 0 Å². The molecule has 1 nitrogen and oxygen atoms in total. The summed E-state index contributed by atoms with van der Waals surface area (Å²) in [4.78, 5) is 0. The summed E-state index contributed by atoms with van der Waals surface area (Å²) in [7, 11) is 2.73. The van der Waals surface area contributed by atoms with Gasteiger partial charge in [0.05, 0.1) is 0 Å². The van der Waals surface area contributed by atoms with E-state index in [1.807, 2.05) is 13.8 Å². The summed E-state index contributed by atoms with van der Waals surface area (Å²) in [5.74, 6) is 1.80. The van der Waals surface area contributed by atoms with Crippen molar-refractivity contribution >= 4 is 9.24 Å². The fourth-order valence-corrected chi connectivity index (χ4v) is 2.37. The average Bonchev–Trinajstić information content (AvgIpc) is 2.24. The van der Waals surface area contributed by atoms with E-state index in [2.05, 4.69) is 49.9 Å². The SMILES string of the molecule is CC(C)C.Cc1cc(C(C)C)c(CP)c(C)c1O. The highest BCUT2D eigenvalue weighted by Gasteiger charge is 2.13. The van der Waals surface area contributed by atoms with Crippen LogP contribution in [0, 0.1) is 19.8 Å². The maximum atomic E-state index is 9.82. The Labute approximate surface area is 115 Å². The lowest BCUT2D eigenvalue weighted by atomic mass is 9.92. The molecule has 0 aromatic heterocycles. The highest BCUT2D eigenvalue weighted by Crippen LogP contribution is 2.33. The van der Waals surface area contributed by atoms with E-state index in [1.54, 1.807) is 0 Å².